The lowest BCUT2D eigenvalue weighted by molar-refractivity contribution is -0.123. The zero-order valence-corrected chi connectivity index (χ0v) is 16.1. The van der Waals surface area contributed by atoms with Crippen LogP contribution in [0.5, 0.6) is 5.75 Å². The number of nitrogens with one attached hydrogen (secondary N) is 2. The summed E-state index contributed by atoms with van der Waals surface area (Å²) in [6.07, 6.45) is 2.82. The van der Waals surface area contributed by atoms with Crippen molar-refractivity contribution in [2.24, 2.45) is 0 Å². The first kappa shape index (κ1) is 18.9. The number of ether oxygens (including phenoxy) is 1. The van der Waals surface area contributed by atoms with Gasteiger partial charge >= 0.3 is 0 Å². The molecule has 1 fully saturated rings. The Hall–Kier alpha value is -3.41. The molecular weight excluding hydrogens is 366 g/mol. The maximum atomic E-state index is 12.3. The molecule has 0 spiro atoms. The lowest BCUT2D eigenvalue weighted by Crippen LogP contribution is -2.30. The largest absolute Gasteiger partial charge is 0.484 e. The Bertz CT molecular complexity index is 1010. The summed E-state index contributed by atoms with van der Waals surface area (Å²) in [5.74, 6) is 0.392. The maximum Gasteiger partial charge on any atom is 0.269 e. The van der Waals surface area contributed by atoms with Crippen LogP contribution in [0, 0.1) is 0 Å². The Labute approximate surface area is 169 Å². The fourth-order valence-corrected chi connectivity index (χ4v) is 3.00. The SMILES string of the molecule is O=C(COc1ccc(CCNC(=O)c2ccc3ccccc3n2)cc1)NC1CC1. The van der Waals surface area contributed by atoms with E-state index in [1.807, 2.05) is 54.6 Å². The third-order valence-corrected chi connectivity index (χ3v) is 4.77. The second-order valence-electron chi connectivity index (χ2n) is 7.17. The molecule has 2 amide bonds. The van der Waals surface area contributed by atoms with Gasteiger partial charge in [-0.1, -0.05) is 36.4 Å². The molecule has 2 N–H and O–H groups in total. The highest BCUT2D eigenvalue weighted by Crippen LogP contribution is 2.18. The van der Waals surface area contributed by atoms with Gasteiger partial charge in [-0.25, -0.2) is 4.98 Å². The fraction of sp³-hybridized carbons (Fsp3) is 0.261. The molecule has 6 heteroatoms. The van der Waals surface area contributed by atoms with Gasteiger partial charge in [0, 0.05) is 18.0 Å². The smallest absolute Gasteiger partial charge is 0.269 e. The van der Waals surface area contributed by atoms with Crippen LogP contribution in [-0.2, 0) is 11.2 Å². The Morgan fingerprint density at radius 3 is 2.59 bits per heavy atom. The summed E-state index contributed by atoms with van der Waals surface area (Å²) in [6, 6.07) is 19.3. The first-order chi connectivity index (χ1) is 14.2. The molecule has 29 heavy (non-hydrogen) atoms. The molecule has 2 aromatic carbocycles. The van der Waals surface area contributed by atoms with E-state index in [1.54, 1.807) is 6.07 Å². The topological polar surface area (TPSA) is 80.3 Å². The molecule has 148 valence electrons. The highest BCUT2D eigenvalue weighted by atomic mass is 16.5. The van der Waals surface area contributed by atoms with Gasteiger partial charge in [0.05, 0.1) is 5.52 Å². The summed E-state index contributed by atoms with van der Waals surface area (Å²) >= 11 is 0. The minimum absolute atomic E-state index is 0.0324. The van der Waals surface area contributed by atoms with Crippen molar-refractivity contribution in [1.29, 1.82) is 0 Å². The summed E-state index contributed by atoms with van der Waals surface area (Å²) in [4.78, 5) is 28.4. The number of pyridine rings is 1. The Balaban J connectivity index is 1.23. The first-order valence-corrected chi connectivity index (χ1v) is 9.82. The van der Waals surface area contributed by atoms with E-state index in [2.05, 4.69) is 15.6 Å². The van der Waals surface area contributed by atoms with Crippen molar-refractivity contribution in [2.75, 3.05) is 13.2 Å². The van der Waals surface area contributed by atoms with Crippen LogP contribution in [0.3, 0.4) is 0 Å². The summed E-state index contributed by atoms with van der Waals surface area (Å²) < 4.78 is 5.50. The minimum Gasteiger partial charge on any atom is -0.484 e. The predicted octanol–water partition coefficient (Wildman–Crippen LogP) is 2.86. The van der Waals surface area contributed by atoms with E-state index < -0.39 is 0 Å². The van der Waals surface area contributed by atoms with E-state index in [9.17, 15) is 9.59 Å². The number of aromatic nitrogens is 1. The zero-order valence-electron chi connectivity index (χ0n) is 16.1. The van der Waals surface area contributed by atoms with Gasteiger partial charge in [0.15, 0.2) is 6.61 Å². The second-order valence-corrected chi connectivity index (χ2v) is 7.17. The highest BCUT2D eigenvalue weighted by molar-refractivity contribution is 5.94. The van der Waals surface area contributed by atoms with E-state index in [1.165, 1.54) is 0 Å². The summed E-state index contributed by atoms with van der Waals surface area (Å²) in [6.45, 7) is 0.544. The molecule has 0 atom stereocenters. The normalized spacial score (nSPS) is 13.1. The molecular formula is C23H23N3O3. The molecule has 0 aliphatic heterocycles. The van der Waals surface area contributed by atoms with Crippen molar-refractivity contribution >= 4 is 22.7 Å². The molecule has 6 nitrogen and oxygen atoms in total. The van der Waals surface area contributed by atoms with Crippen molar-refractivity contribution in [3.63, 3.8) is 0 Å². The molecule has 0 radical (unpaired) electrons. The lowest BCUT2D eigenvalue weighted by atomic mass is 10.1. The van der Waals surface area contributed by atoms with Gasteiger partial charge in [-0.2, -0.15) is 0 Å². The van der Waals surface area contributed by atoms with Crippen LogP contribution in [0.4, 0.5) is 0 Å². The van der Waals surface area contributed by atoms with Gasteiger partial charge in [0.25, 0.3) is 11.8 Å². The van der Waals surface area contributed by atoms with E-state index in [-0.39, 0.29) is 18.4 Å². The second kappa shape index (κ2) is 8.73. The number of hydrogen-bond acceptors (Lipinski definition) is 4. The molecule has 1 aliphatic carbocycles. The van der Waals surface area contributed by atoms with Gasteiger partial charge in [-0.3, -0.25) is 9.59 Å². The van der Waals surface area contributed by atoms with Crippen molar-refractivity contribution in [3.8, 4) is 5.75 Å². The number of hydrogen-bond donors (Lipinski definition) is 2. The molecule has 1 aromatic heterocycles. The third kappa shape index (κ3) is 5.31. The third-order valence-electron chi connectivity index (χ3n) is 4.77. The zero-order chi connectivity index (χ0) is 20.1. The Morgan fingerprint density at radius 2 is 1.79 bits per heavy atom. The van der Waals surface area contributed by atoms with Crippen LogP contribution >= 0.6 is 0 Å². The van der Waals surface area contributed by atoms with Gasteiger partial charge in [0.2, 0.25) is 0 Å². The number of nitrogens with zero attached hydrogens (tertiary/aromatic N) is 1. The molecule has 1 saturated carbocycles. The van der Waals surface area contributed by atoms with Crippen molar-refractivity contribution < 1.29 is 14.3 Å². The number of para-hydroxylation sites is 1. The molecule has 1 aliphatic rings. The standard InChI is InChI=1S/C23H23N3O3/c27-22(25-18-8-9-18)15-29-19-10-5-16(6-11-19)13-14-24-23(28)21-12-7-17-3-1-2-4-20(17)26-21/h1-7,10-12,18H,8-9,13-15H2,(H,24,28)(H,25,27). The van der Waals surface area contributed by atoms with Gasteiger partial charge in [-0.05, 0) is 49.1 Å². The van der Waals surface area contributed by atoms with Gasteiger partial charge in [-0.15, -0.1) is 0 Å². The van der Waals surface area contributed by atoms with Crippen molar-refractivity contribution in [3.05, 3.63) is 71.9 Å². The van der Waals surface area contributed by atoms with E-state index in [0.717, 1.165) is 29.3 Å². The van der Waals surface area contributed by atoms with Gasteiger partial charge < -0.3 is 15.4 Å². The minimum atomic E-state index is -0.183. The van der Waals surface area contributed by atoms with Crippen LogP contribution in [0.2, 0.25) is 0 Å². The van der Waals surface area contributed by atoms with Crippen LogP contribution in [0.25, 0.3) is 10.9 Å². The molecule has 0 bridgehead atoms. The van der Waals surface area contributed by atoms with Crippen LogP contribution in [-0.4, -0.2) is 36.0 Å². The van der Waals surface area contributed by atoms with E-state index in [4.69, 9.17) is 4.74 Å². The highest BCUT2D eigenvalue weighted by Gasteiger charge is 2.23. The molecule has 4 rings (SSSR count). The van der Waals surface area contributed by atoms with E-state index >= 15 is 0 Å². The molecule has 3 aromatic rings. The molecule has 0 unspecified atom stereocenters. The summed E-state index contributed by atoms with van der Waals surface area (Å²) in [5, 5.41) is 6.80. The monoisotopic (exact) mass is 389 g/mol. The summed E-state index contributed by atoms with van der Waals surface area (Å²) in [5.41, 5.74) is 2.30. The number of benzene rings is 2. The average Bonchev–Trinajstić information content (AvgIpc) is 3.56. The van der Waals surface area contributed by atoms with Crippen LogP contribution in [0.15, 0.2) is 60.7 Å². The Morgan fingerprint density at radius 1 is 1.00 bits per heavy atom. The first-order valence-electron chi connectivity index (χ1n) is 9.82. The number of amides is 2. The summed E-state index contributed by atoms with van der Waals surface area (Å²) in [7, 11) is 0. The van der Waals surface area contributed by atoms with Crippen molar-refractivity contribution in [1.82, 2.24) is 15.6 Å². The van der Waals surface area contributed by atoms with Crippen molar-refractivity contribution in [2.45, 2.75) is 25.3 Å². The number of rotatable bonds is 8. The number of carbonyl (C=O) groups is 2. The van der Waals surface area contributed by atoms with Crippen LogP contribution in [0.1, 0.15) is 28.9 Å². The molecule has 0 saturated heterocycles. The molecule has 1 heterocycles. The number of fused-ring (bicyclic) bond motifs is 1. The quantitative estimate of drug-likeness (QED) is 0.621. The van der Waals surface area contributed by atoms with E-state index in [0.29, 0.717) is 30.5 Å². The lowest BCUT2D eigenvalue weighted by Gasteiger charge is -2.08. The fourth-order valence-electron chi connectivity index (χ4n) is 3.00. The predicted molar refractivity (Wildman–Crippen MR) is 111 cm³/mol. The Kier molecular flexibility index (Phi) is 5.70. The van der Waals surface area contributed by atoms with Crippen LogP contribution < -0.4 is 15.4 Å². The average molecular weight is 389 g/mol. The maximum absolute atomic E-state index is 12.3. The number of carbonyl (C=O) groups excluding carboxylic acids is 2. The van der Waals surface area contributed by atoms with Gasteiger partial charge in [0.1, 0.15) is 11.4 Å².